The van der Waals surface area contributed by atoms with Crippen LogP contribution < -0.4 is 5.32 Å². The molecule has 2 saturated heterocycles. The summed E-state index contributed by atoms with van der Waals surface area (Å²) in [7, 11) is 0. The van der Waals surface area contributed by atoms with Crippen LogP contribution in [0.15, 0.2) is 24.3 Å². The van der Waals surface area contributed by atoms with Gasteiger partial charge in [0.15, 0.2) is 0 Å². The third kappa shape index (κ3) is 4.79. The largest absolute Gasteiger partial charge is 0.381 e. The van der Waals surface area contributed by atoms with Crippen molar-refractivity contribution in [3.8, 4) is 0 Å². The summed E-state index contributed by atoms with van der Waals surface area (Å²) < 4.78 is 11.0. The van der Waals surface area contributed by atoms with Gasteiger partial charge in [-0.2, -0.15) is 0 Å². The van der Waals surface area contributed by atoms with Gasteiger partial charge in [0.25, 0.3) is 0 Å². The first kappa shape index (κ1) is 17.4. The van der Waals surface area contributed by atoms with Crippen LogP contribution in [-0.4, -0.2) is 62.9 Å². The zero-order chi connectivity index (χ0) is 16.8. The average molecular weight is 332 g/mol. The molecule has 2 aliphatic heterocycles. The second-order valence-electron chi connectivity index (χ2n) is 6.81. The first-order valence-electron chi connectivity index (χ1n) is 8.94. The molecule has 132 valence electrons. The lowest BCUT2D eigenvalue weighted by Crippen LogP contribution is -2.52. The molecule has 2 heterocycles. The third-order valence-electron chi connectivity index (χ3n) is 5.02. The Kier molecular flexibility index (Phi) is 6.24. The first-order chi connectivity index (χ1) is 11.7. The normalized spacial score (nSPS) is 23.1. The molecule has 1 N–H and O–H groups in total. The van der Waals surface area contributed by atoms with Gasteiger partial charge in [0, 0.05) is 38.2 Å². The molecular weight excluding hydrogens is 304 g/mol. The Morgan fingerprint density at radius 1 is 1.21 bits per heavy atom. The summed E-state index contributed by atoms with van der Waals surface area (Å²) in [4.78, 5) is 14.8. The number of hydrogen-bond acceptors (Lipinski definition) is 4. The van der Waals surface area contributed by atoms with Gasteiger partial charge < -0.3 is 14.8 Å². The van der Waals surface area contributed by atoms with Gasteiger partial charge in [-0.3, -0.25) is 9.69 Å². The maximum absolute atomic E-state index is 12.3. The fourth-order valence-corrected chi connectivity index (χ4v) is 3.53. The van der Waals surface area contributed by atoms with E-state index in [0.717, 1.165) is 51.5 Å². The van der Waals surface area contributed by atoms with Gasteiger partial charge in [0.05, 0.1) is 26.2 Å². The van der Waals surface area contributed by atoms with E-state index in [-0.39, 0.29) is 5.91 Å². The zero-order valence-electron chi connectivity index (χ0n) is 14.5. The van der Waals surface area contributed by atoms with Crippen LogP contribution in [0.25, 0.3) is 0 Å². The maximum atomic E-state index is 12.3. The van der Waals surface area contributed by atoms with Crippen LogP contribution in [0.4, 0.5) is 0 Å². The molecule has 0 radical (unpaired) electrons. The topological polar surface area (TPSA) is 50.8 Å². The van der Waals surface area contributed by atoms with E-state index >= 15 is 0 Å². The molecule has 1 amide bonds. The van der Waals surface area contributed by atoms with Crippen molar-refractivity contribution >= 4 is 5.91 Å². The number of carbonyl (C=O) groups is 1. The minimum absolute atomic E-state index is 0.0935. The molecule has 5 nitrogen and oxygen atoms in total. The highest BCUT2D eigenvalue weighted by Gasteiger charge is 2.31. The molecule has 1 aromatic carbocycles. The van der Waals surface area contributed by atoms with E-state index in [1.807, 2.05) is 12.1 Å². The second kappa shape index (κ2) is 8.60. The minimum Gasteiger partial charge on any atom is -0.381 e. The van der Waals surface area contributed by atoms with Gasteiger partial charge >= 0.3 is 0 Å². The van der Waals surface area contributed by atoms with E-state index in [1.165, 1.54) is 5.56 Å². The van der Waals surface area contributed by atoms with Gasteiger partial charge in [-0.25, -0.2) is 0 Å². The Bertz CT molecular complexity index is 520. The number of ether oxygens (including phenoxy) is 2. The number of nitrogens with zero attached hydrogens (tertiary/aromatic N) is 1. The smallest absolute Gasteiger partial charge is 0.224 e. The Balaban J connectivity index is 1.53. The van der Waals surface area contributed by atoms with Gasteiger partial charge in [0.1, 0.15) is 0 Å². The van der Waals surface area contributed by atoms with Crippen LogP contribution in [0.1, 0.15) is 17.5 Å². The second-order valence-corrected chi connectivity index (χ2v) is 6.81. The molecule has 0 aliphatic carbocycles. The summed E-state index contributed by atoms with van der Waals surface area (Å²) in [5.74, 6) is 0.596. The molecular formula is C19H28N2O3. The zero-order valence-corrected chi connectivity index (χ0v) is 14.5. The van der Waals surface area contributed by atoms with E-state index in [9.17, 15) is 4.79 Å². The molecule has 0 bridgehead atoms. The summed E-state index contributed by atoms with van der Waals surface area (Å²) >= 11 is 0. The Morgan fingerprint density at radius 2 is 1.96 bits per heavy atom. The summed E-state index contributed by atoms with van der Waals surface area (Å²) in [5, 5.41) is 3.14. The van der Waals surface area contributed by atoms with Crippen molar-refractivity contribution in [2.24, 2.45) is 5.92 Å². The van der Waals surface area contributed by atoms with Crippen molar-refractivity contribution in [3.05, 3.63) is 35.4 Å². The van der Waals surface area contributed by atoms with Crippen molar-refractivity contribution in [1.82, 2.24) is 10.2 Å². The predicted octanol–water partition coefficient (Wildman–Crippen LogP) is 1.39. The van der Waals surface area contributed by atoms with Gasteiger partial charge in [-0.05, 0) is 18.9 Å². The molecule has 2 fully saturated rings. The number of carbonyl (C=O) groups excluding carboxylic acids is 1. The first-order valence-corrected chi connectivity index (χ1v) is 8.94. The van der Waals surface area contributed by atoms with Crippen LogP contribution in [0.5, 0.6) is 0 Å². The molecule has 0 saturated carbocycles. The predicted molar refractivity (Wildman–Crippen MR) is 93.0 cm³/mol. The molecule has 3 rings (SSSR count). The minimum atomic E-state index is 0.0935. The van der Waals surface area contributed by atoms with Crippen LogP contribution in [0, 0.1) is 12.8 Å². The number of hydrogen-bond donors (Lipinski definition) is 1. The van der Waals surface area contributed by atoms with Gasteiger partial charge in [0.2, 0.25) is 5.91 Å². The fourth-order valence-electron chi connectivity index (χ4n) is 3.53. The SMILES string of the molecule is Cc1ccc(CC(=O)NC[C@H]([C@@H]2CCOC2)N2CCOCC2)cc1. The van der Waals surface area contributed by atoms with E-state index in [0.29, 0.717) is 24.9 Å². The lowest BCUT2D eigenvalue weighted by atomic mass is 9.96. The quantitative estimate of drug-likeness (QED) is 0.855. The molecule has 2 atom stereocenters. The highest BCUT2D eigenvalue weighted by molar-refractivity contribution is 5.78. The van der Waals surface area contributed by atoms with E-state index in [4.69, 9.17) is 9.47 Å². The summed E-state index contributed by atoms with van der Waals surface area (Å²) in [6, 6.07) is 8.50. The van der Waals surface area contributed by atoms with Crippen molar-refractivity contribution in [2.75, 3.05) is 46.1 Å². The summed E-state index contributed by atoms with van der Waals surface area (Å²) in [5.41, 5.74) is 2.28. The van der Waals surface area contributed by atoms with Crippen molar-refractivity contribution < 1.29 is 14.3 Å². The van der Waals surface area contributed by atoms with Crippen molar-refractivity contribution in [1.29, 1.82) is 0 Å². The number of nitrogens with one attached hydrogen (secondary N) is 1. The monoisotopic (exact) mass is 332 g/mol. The molecule has 24 heavy (non-hydrogen) atoms. The Labute approximate surface area is 144 Å². The van der Waals surface area contributed by atoms with Crippen LogP contribution in [-0.2, 0) is 20.7 Å². The standard InChI is InChI=1S/C19H28N2O3/c1-15-2-4-16(5-3-15)12-19(22)20-13-18(17-6-9-24-14-17)21-7-10-23-11-8-21/h2-5,17-18H,6-14H2,1H3,(H,20,22)/t17-,18-/m1/s1. The molecule has 2 aliphatic rings. The molecule has 1 aromatic rings. The highest BCUT2D eigenvalue weighted by Crippen LogP contribution is 2.21. The van der Waals surface area contributed by atoms with Crippen LogP contribution in [0.2, 0.25) is 0 Å². The van der Waals surface area contributed by atoms with Gasteiger partial charge in [-0.1, -0.05) is 29.8 Å². The van der Waals surface area contributed by atoms with Gasteiger partial charge in [-0.15, -0.1) is 0 Å². The summed E-state index contributed by atoms with van der Waals surface area (Å²) in [6.07, 6.45) is 1.52. The number of rotatable bonds is 6. The maximum Gasteiger partial charge on any atom is 0.224 e. The third-order valence-corrected chi connectivity index (χ3v) is 5.02. The van der Waals surface area contributed by atoms with Crippen molar-refractivity contribution in [2.45, 2.75) is 25.8 Å². The number of amides is 1. The van der Waals surface area contributed by atoms with Crippen LogP contribution >= 0.6 is 0 Å². The van der Waals surface area contributed by atoms with E-state index in [1.54, 1.807) is 0 Å². The summed E-state index contributed by atoms with van der Waals surface area (Å²) in [6.45, 7) is 7.82. The van der Waals surface area contributed by atoms with E-state index < -0.39 is 0 Å². The lowest BCUT2D eigenvalue weighted by molar-refractivity contribution is -0.120. The molecule has 0 unspecified atom stereocenters. The fraction of sp³-hybridized carbons (Fsp3) is 0.632. The lowest BCUT2D eigenvalue weighted by Gasteiger charge is -2.37. The Hall–Kier alpha value is -1.43. The number of morpholine rings is 1. The molecule has 0 spiro atoms. The average Bonchev–Trinajstić information content (AvgIpc) is 3.12. The number of benzene rings is 1. The number of aryl methyl sites for hydroxylation is 1. The Morgan fingerprint density at radius 3 is 2.62 bits per heavy atom. The van der Waals surface area contributed by atoms with E-state index in [2.05, 4.69) is 29.3 Å². The van der Waals surface area contributed by atoms with Crippen LogP contribution in [0.3, 0.4) is 0 Å². The molecule has 5 heteroatoms. The molecule has 0 aromatic heterocycles. The highest BCUT2D eigenvalue weighted by atomic mass is 16.5. The van der Waals surface area contributed by atoms with Crippen molar-refractivity contribution in [3.63, 3.8) is 0 Å².